The van der Waals surface area contributed by atoms with Gasteiger partial charge in [-0.1, -0.05) is 0 Å². The summed E-state index contributed by atoms with van der Waals surface area (Å²) < 4.78 is 0. The van der Waals surface area contributed by atoms with Crippen LogP contribution in [0.1, 0.15) is 38.5 Å². The van der Waals surface area contributed by atoms with Gasteiger partial charge in [0, 0.05) is 31.1 Å². The molecule has 0 bridgehead atoms. The topological polar surface area (TPSA) is 51.2 Å². The van der Waals surface area contributed by atoms with Gasteiger partial charge in [-0.2, -0.15) is 35.3 Å². The molecule has 143 valence electrons. The Kier molecular flexibility index (Phi) is 17.2. The molecule has 0 aromatic rings. The average molecular weight is 599 g/mol. The second-order valence-electron chi connectivity index (χ2n) is 5.57. The Morgan fingerprint density at radius 3 is 0.880 bits per heavy atom. The van der Waals surface area contributed by atoms with Crippen molar-refractivity contribution in [2.24, 2.45) is 0 Å². The van der Waals surface area contributed by atoms with Crippen LogP contribution < -0.4 is 0 Å². The molecule has 0 spiro atoms. The SMILES string of the molecule is O=C([S-])CC1CCS1.O=C([S-])CC1CCS1.O=C([S-])CC1CCS1.[Gd+3]. The first-order valence-electron chi connectivity index (χ1n) is 7.81. The van der Waals surface area contributed by atoms with Crippen molar-refractivity contribution in [1.29, 1.82) is 0 Å². The van der Waals surface area contributed by atoms with Crippen LogP contribution in [0, 0.1) is 39.9 Å². The third kappa shape index (κ3) is 14.7. The van der Waals surface area contributed by atoms with Gasteiger partial charge in [-0.05, 0) is 55.8 Å². The van der Waals surface area contributed by atoms with Crippen molar-refractivity contribution < 1.29 is 54.3 Å². The quantitative estimate of drug-likeness (QED) is 0.430. The second-order valence-corrected chi connectivity index (χ2v) is 11.2. The first-order valence-corrected chi connectivity index (χ1v) is 12.2. The Bertz CT molecular complexity index is 364. The van der Waals surface area contributed by atoms with Crippen molar-refractivity contribution in [2.45, 2.75) is 54.3 Å². The molecular formula is C15H21GdO3S6. The van der Waals surface area contributed by atoms with Crippen LogP contribution in [0.5, 0.6) is 0 Å². The number of carbonyl (C=O) groups excluding carboxylic acids is 3. The van der Waals surface area contributed by atoms with Gasteiger partial charge in [-0.15, -0.1) is 0 Å². The molecular weight excluding hydrogens is 578 g/mol. The van der Waals surface area contributed by atoms with Gasteiger partial charge >= 0.3 is 39.9 Å². The first kappa shape index (κ1) is 27.0. The molecule has 3 rings (SSSR count). The smallest absolute Gasteiger partial charge is 0.742 e. The van der Waals surface area contributed by atoms with Gasteiger partial charge in [0.2, 0.25) is 0 Å². The Hall–Kier alpha value is 2.04. The van der Waals surface area contributed by atoms with Crippen LogP contribution in [0.4, 0.5) is 0 Å². The molecule has 0 aromatic heterocycles. The standard InChI is InChI=1S/3C5H8OS2.Gd/c3*6-5(7)3-4-1-2-8-4;/h3*4H,1-3H2,(H,6,7);/q;;;+3/p-3. The van der Waals surface area contributed by atoms with Crippen LogP contribution >= 0.6 is 35.3 Å². The Labute approximate surface area is 211 Å². The summed E-state index contributed by atoms with van der Waals surface area (Å²) in [6.07, 6.45) is 5.40. The third-order valence-corrected chi connectivity index (χ3v) is 8.10. The number of hydrogen-bond acceptors (Lipinski definition) is 9. The summed E-state index contributed by atoms with van der Waals surface area (Å²) in [6, 6.07) is 0. The van der Waals surface area contributed by atoms with Crippen LogP contribution in [0.3, 0.4) is 0 Å². The van der Waals surface area contributed by atoms with Gasteiger partial charge in [0.25, 0.3) is 0 Å². The first-order chi connectivity index (χ1) is 11.4. The van der Waals surface area contributed by atoms with Crippen LogP contribution in [-0.4, -0.2) is 48.4 Å². The number of thioether (sulfide) groups is 3. The van der Waals surface area contributed by atoms with Crippen LogP contribution in [-0.2, 0) is 52.3 Å². The molecule has 0 N–H and O–H groups in total. The van der Waals surface area contributed by atoms with E-state index in [2.05, 4.69) is 37.9 Å². The Morgan fingerprint density at radius 2 is 0.840 bits per heavy atom. The van der Waals surface area contributed by atoms with E-state index < -0.39 is 0 Å². The maximum Gasteiger partial charge on any atom is 3.00 e. The van der Waals surface area contributed by atoms with Crippen molar-refractivity contribution in [1.82, 2.24) is 0 Å². The number of rotatable bonds is 6. The summed E-state index contributed by atoms with van der Waals surface area (Å²) in [6.45, 7) is 0. The molecule has 3 atom stereocenters. The number of hydrogen-bond donors (Lipinski definition) is 0. The summed E-state index contributed by atoms with van der Waals surface area (Å²) in [4.78, 5) is 30.7. The predicted molar refractivity (Wildman–Crippen MR) is 114 cm³/mol. The fourth-order valence-corrected chi connectivity index (χ4v) is 5.33. The molecule has 3 nitrogen and oxygen atoms in total. The molecule has 3 aliphatic rings. The maximum atomic E-state index is 10.2. The summed E-state index contributed by atoms with van der Waals surface area (Å²) in [5.74, 6) is 3.65. The molecule has 3 unspecified atom stereocenters. The monoisotopic (exact) mass is 599 g/mol. The van der Waals surface area contributed by atoms with Crippen molar-refractivity contribution in [3.05, 3.63) is 0 Å². The van der Waals surface area contributed by atoms with E-state index in [4.69, 9.17) is 0 Å². The van der Waals surface area contributed by atoms with Gasteiger partial charge < -0.3 is 52.3 Å². The fraction of sp³-hybridized carbons (Fsp3) is 0.800. The van der Waals surface area contributed by atoms with E-state index in [1.165, 1.54) is 36.5 Å². The molecule has 1 radical (unpaired) electrons. The molecule has 0 aliphatic carbocycles. The van der Waals surface area contributed by atoms with E-state index >= 15 is 0 Å². The Balaban J connectivity index is 0.000000339. The van der Waals surface area contributed by atoms with Gasteiger partial charge in [0.05, 0.1) is 0 Å². The van der Waals surface area contributed by atoms with E-state index in [-0.39, 0.29) is 55.3 Å². The second kappa shape index (κ2) is 15.9. The van der Waals surface area contributed by atoms with Gasteiger partial charge in [-0.25, -0.2) is 0 Å². The van der Waals surface area contributed by atoms with E-state index in [0.717, 1.165) is 0 Å². The molecule has 25 heavy (non-hydrogen) atoms. The zero-order valence-electron chi connectivity index (χ0n) is 13.6. The zero-order chi connectivity index (χ0) is 17.9. The van der Waals surface area contributed by atoms with E-state index in [0.29, 0.717) is 35.0 Å². The molecule has 3 saturated heterocycles. The van der Waals surface area contributed by atoms with Gasteiger partial charge in [0.15, 0.2) is 0 Å². The Morgan fingerprint density at radius 1 is 0.640 bits per heavy atom. The van der Waals surface area contributed by atoms with E-state index in [1.54, 1.807) is 0 Å². The van der Waals surface area contributed by atoms with Gasteiger partial charge in [-0.3, -0.25) is 0 Å². The zero-order valence-corrected chi connectivity index (χ0v) is 20.8. The van der Waals surface area contributed by atoms with Crippen molar-refractivity contribution in [3.8, 4) is 0 Å². The normalized spacial score (nSPS) is 25.7. The molecule has 0 saturated carbocycles. The minimum absolute atomic E-state index is 0. The summed E-state index contributed by atoms with van der Waals surface area (Å²) in [7, 11) is 0. The predicted octanol–water partition coefficient (Wildman–Crippen LogP) is 2.87. The molecule has 3 fully saturated rings. The average Bonchev–Trinajstić information content (AvgIpc) is 2.35. The minimum atomic E-state index is -0.0813. The fourth-order valence-electron chi connectivity index (χ4n) is 1.89. The summed E-state index contributed by atoms with van der Waals surface area (Å²) in [5.41, 5.74) is 0. The number of carbonyl (C=O) groups is 3. The van der Waals surface area contributed by atoms with Crippen LogP contribution in [0.15, 0.2) is 0 Å². The minimum Gasteiger partial charge on any atom is -0.742 e. The molecule has 3 aliphatic heterocycles. The molecule has 10 heteroatoms. The van der Waals surface area contributed by atoms with Crippen molar-refractivity contribution >= 4 is 88.5 Å². The largest absolute Gasteiger partial charge is 3.00 e. The van der Waals surface area contributed by atoms with Gasteiger partial charge in [0.1, 0.15) is 0 Å². The van der Waals surface area contributed by atoms with Crippen LogP contribution in [0.25, 0.3) is 0 Å². The summed E-state index contributed by atoms with van der Waals surface area (Å²) in [5, 5.41) is 1.46. The molecule has 0 amide bonds. The van der Waals surface area contributed by atoms with E-state index in [9.17, 15) is 14.4 Å². The van der Waals surface area contributed by atoms with E-state index in [1.807, 2.05) is 35.3 Å². The molecule has 0 aromatic carbocycles. The van der Waals surface area contributed by atoms with Crippen LogP contribution in [0.2, 0.25) is 0 Å². The summed E-state index contributed by atoms with van der Waals surface area (Å²) >= 11 is 18.7. The molecule has 3 heterocycles. The van der Waals surface area contributed by atoms with Crippen molar-refractivity contribution in [3.63, 3.8) is 0 Å². The van der Waals surface area contributed by atoms with Crippen molar-refractivity contribution in [2.75, 3.05) is 17.3 Å². The third-order valence-electron chi connectivity index (χ3n) is 3.56. The maximum absolute atomic E-state index is 10.2.